The molecule has 0 saturated carbocycles. The fourth-order valence-corrected chi connectivity index (χ4v) is 4.66. The molecule has 0 N–H and O–H groups in total. The molecule has 10 nitrogen and oxygen atoms in total. The molecule has 1 aliphatic carbocycles. The number of carbonyl (C=O) groups is 4. The van der Waals surface area contributed by atoms with E-state index in [4.69, 9.17) is 28.4 Å². The van der Waals surface area contributed by atoms with Crippen molar-refractivity contribution < 1.29 is 47.6 Å². The number of carbonyl (C=O) groups excluding carboxylic acids is 4. The van der Waals surface area contributed by atoms with Crippen molar-refractivity contribution in [3.8, 4) is 0 Å². The smallest absolute Gasteiger partial charge is 0.341 e. The maximum atomic E-state index is 13.0. The maximum absolute atomic E-state index is 13.0. The van der Waals surface area contributed by atoms with Crippen LogP contribution in [-0.4, -0.2) is 72.7 Å². The predicted octanol–water partition coefficient (Wildman–Crippen LogP) is 1.16. The van der Waals surface area contributed by atoms with E-state index in [9.17, 15) is 19.2 Å². The van der Waals surface area contributed by atoms with Gasteiger partial charge in [0, 0.05) is 12.5 Å². The summed E-state index contributed by atoms with van der Waals surface area (Å²) in [5.74, 6) is -3.77. The molecule has 33 heavy (non-hydrogen) atoms. The SMILES string of the molecule is C=C1C(=O)O[C@H]2[C@H]1[C@H](OC(C)=O)[C@@H](OC(=O)[C@@]1(C)O[C@@H]1C)/C(C(=O)OC)=C\CC[C@@]1(C)O[C@H]21. The number of esters is 4. The van der Waals surface area contributed by atoms with E-state index in [0.29, 0.717) is 12.8 Å². The highest BCUT2D eigenvalue weighted by molar-refractivity contribution is 5.93. The third-order valence-corrected chi connectivity index (χ3v) is 6.97. The van der Waals surface area contributed by atoms with Crippen LogP contribution in [0.2, 0.25) is 0 Å². The van der Waals surface area contributed by atoms with Gasteiger partial charge in [0.1, 0.15) is 12.2 Å². The zero-order chi connectivity index (χ0) is 24.3. The number of hydrogen-bond acceptors (Lipinski definition) is 10. The molecule has 4 rings (SSSR count). The molecular weight excluding hydrogens is 436 g/mol. The lowest BCUT2D eigenvalue weighted by molar-refractivity contribution is -0.174. The lowest BCUT2D eigenvalue weighted by Gasteiger charge is -2.34. The van der Waals surface area contributed by atoms with Gasteiger partial charge in [-0.1, -0.05) is 12.7 Å². The molecule has 0 unspecified atom stereocenters. The summed E-state index contributed by atoms with van der Waals surface area (Å²) in [4.78, 5) is 50.4. The van der Waals surface area contributed by atoms with E-state index in [1.807, 2.05) is 6.92 Å². The summed E-state index contributed by atoms with van der Waals surface area (Å²) in [5.41, 5.74) is -1.77. The van der Waals surface area contributed by atoms with Crippen LogP contribution in [0.3, 0.4) is 0 Å². The third kappa shape index (κ3) is 3.95. The minimum Gasteiger partial charge on any atom is -0.466 e. The second-order valence-electron chi connectivity index (χ2n) is 9.23. The van der Waals surface area contributed by atoms with E-state index < -0.39 is 65.4 Å². The van der Waals surface area contributed by atoms with E-state index in [0.717, 1.165) is 0 Å². The molecule has 3 heterocycles. The Bertz CT molecular complexity index is 953. The lowest BCUT2D eigenvalue weighted by atomic mass is 9.80. The fourth-order valence-electron chi connectivity index (χ4n) is 4.66. The summed E-state index contributed by atoms with van der Waals surface area (Å²) in [6.07, 6.45) is -1.86. The highest BCUT2D eigenvalue weighted by atomic mass is 16.7. The first-order valence-corrected chi connectivity index (χ1v) is 10.8. The Balaban J connectivity index is 1.82. The second kappa shape index (κ2) is 7.95. The van der Waals surface area contributed by atoms with E-state index in [1.54, 1.807) is 19.9 Å². The number of epoxide rings is 2. The normalized spacial score (nSPS) is 43.1. The summed E-state index contributed by atoms with van der Waals surface area (Å²) in [6, 6.07) is 0. The van der Waals surface area contributed by atoms with Crippen molar-refractivity contribution in [2.45, 2.75) is 82.3 Å². The van der Waals surface area contributed by atoms with Gasteiger partial charge in [0.25, 0.3) is 0 Å². The Morgan fingerprint density at radius 2 is 1.85 bits per heavy atom. The lowest BCUT2D eigenvalue weighted by Crippen LogP contribution is -2.49. The number of hydrogen-bond donors (Lipinski definition) is 0. The van der Waals surface area contributed by atoms with Crippen molar-refractivity contribution in [2.24, 2.45) is 5.92 Å². The van der Waals surface area contributed by atoms with Crippen molar-refractivity contribution in [2.75, 3.05) is 7.11 Å². The van der Waals surface area contributed by atoms with Crippen LogP contribution in [0.4, 0.5) is 0 Å². The minimum absolute atomic E-state index is 0.0115. The zero-order valence-electron chi connectivity index (χ0n) is 19.2. The number of methoxy groups -OCH3 is 1. The molecule has 0 aromatic carbocycles. The van der Waals surface area contributed by atoms with Gasteiger partial charge in [-0.25, -0.2) is 14.4 Å². The average molecular weight is 464 g/mol. The van der Waals surface area contributed by atoms with Crippen LogP contribution >= 0.6 is 0 Å². The largest absolute Gasteiger partial charge is 0.466 e. The first-order chi connectivity index (χ1) is 15.4. The van der Waals surface area contributed by atoms with Gasteiger partial charge in [-0.2, -0.15) is 0 Å². The molecule has 0 radical (unpaired) electrons. The Morgan fingerprint density at radius 3 is 2.42 bits per heavy atom. The molecule has 10 heteroatoms. The van der Waals surface area contributed by atoms with Gasteiger partial charge >= 0.3 is 23.9 Å². The average Bonchev–Trinajstić information content (AvgIpc) is 3.57. The van der Waals surface area contributed by atoms with Gasteiger partial charge in [-0.05, 0) is 33.6 Å². The maximum Gasteiger partial charge on any atom is 0.341 e. The molecule has 0 spiro atoms. The van der Waals surface area contributed by atoms with Crippen LogP contribution in [0.5, 0.6) is 0 Å². The highest BCUT2D eigenvalue weighted by Crippen LogP contribution is 2.51. The molecule has 3 saturated heterocycles. The second-order valence-corrected chi connectivity index (χ2v) is 9.23. The molecule has 8 atom stereocenters. The first kappa shape index (κ1) is 23.4. The standard InChI is InChI=1S/C23H28O10/c1-10-14-16(29-12(3)24)15(31-21(27)23(5)11(2)32-23)13(20(26)28-6)8-7-9-22(4)18(33-22)17(14)30-19(10)25/h8,11,14-18H,1,7,9H2,2-6H3/b13-8+/t11-,14-,15+,16+,17+,18-,22-,23+/m1/s1. The number of allylic oxidation sites excluding steroid dienone is 1. The van der Waals surface area contributed by atoms with Gasteiger partial charge in [0.2, 0.25) is 0 Å². The van der Waals surface area contributed by atoms with Gasteiger partial charge in [0.15, 0.2) is 17.8 Å². The minimum atomic E-state index is -1.39. The molecule has 0 aromatic rings. The van der Waals surface area contributed by atoms with Gasteiger partial charge < -0.3 is 28.4 Å². The number of ether oxygens (including phenoxy) is 6. The van der Waals surface area contributed by atoms with Crippen molar-refractivity contribution in [1.29, 1.82) is 0 Å². The summed E-state index contributed by atoms with van der Waals surface area (Å²) in [7, 11) is 1.19. The van der Waals surface area contributed by atoms with E-state index in [2.05, 4.69) is 6.58 Å². The van der Waals surface area contributed by atoms with Crippen LogP contribution in [0.15, 0.2) is 23.8 Å². The first-order valence-electron chi connectivity index (χ1n) is 10.8. The predicted molar refractivity (Wildman–Crippen MR) is 110 cm³/mol. The molecule has 0 bridgehead atoms. The van der Waals surface area contributed by atoms with E-state index in [-0.39, 0.29) is 17.3 Å². The summed E-state index contributed by atoms with van der Waals surface area (Å²) in [6.45, 7) is 10.2. The van der Waals surface area contributed by atoms with E-state index in [1.165, 1.54) is 14.0 Å². The molecule has 4 aliphatic rings. The fraction of sp³-hybridized carbons (Fsp3) is 0.652. The molecular formula is C23H28O10. The molecule has 3 aliphatic heterocycles. The highest BCUT2D eigenvalue weighted by Gasteiger charge is 2.65. The van der Waals surface area contributed by atoms with Crippen LogP contribution < -0.4 is 0 Å². The molecule has 3 fully saturated rings. The molecule has 180 valence electrons. The van der Waals surface area contributed by atoms with Crippen LogP contribution in [0.1, 0.15) is 40.5 Å². The van der Waals surface area contributed by atoms with Crippen LogP contribution in [-0.2, 0) is 47.6 Å². The van der Waals surface area contributed by atoms with Crippen LogP contribution in [0.25, 0.3) is 0 Å². The zero-order valence-corrected chi connectivity index (χ0v) is 19.2. The Kier molecular flexibility index (Phi) is 5.65. The van der Waals surface area contributed by atoms with E-state index >= 15 is 0 Å². The van der Waals surface area contributed by atoms with Crippen molar-refractivity contribution in [3.05, 3.63) is 23.8 Å². The Labute approximate surface area is 191 Å². The van der Waals surface area contributed by atoms with Gasteiger partial charge in [-0.3, -0.25) is 4.79 Å². The molecule has 0 aromatic heterocycles. The summed E-state index contributed by atoms with van der Waals surface area (Å²) < 4.78 is 33.1. The Hall–Kier alpha value is -2.72. The topological polar surface area (TPSA) is 130 Å². The summed E-state index contributed by atoms with van der Waals surface area (Å²) >= 11 is 0. The van der Waals surface area contributed by atoms with Crippen molar-refractivity contribution in [3.63, 3.8) is 0 Å². The van der Waals surface area contributed by atoms with Crippen molar-refractivity contribution in [1.82, 2.24) is 0 Å². The monoisotopic (exact) mass is 464 g/mol. The van der Waals surface area contributed by atoms with Crippen molar-refractivity contribution >= 4 is 23.9 Å². The quantitative estimate of drug-likeness (QED) is 0.258. The summed E-state index contributed by atoms with van der Waals surface area (Å²) in [5, 5.41) is 0. The Morgan fingerprint density at radius 1 is 1.18 bits per heavy atom. The van der Waals surface area contributed by atoms with Gasteiger partial charge in [0.05, 0.1) is 30.3 Å². The van der Waals surface area contributed by atoms with Crippen LogP contribution in [0, 0.1) is 5.92 Å². The molecule has 0 amide bonds. The third-order valence-electron chi connectivity index (χ3n) is 6.97. The number of fused-ring (bicyclic) bond motifs is 3. The number of rotatable bonds is 4. The van der Waals surface area contributed by atoms with Gasteiger partial charge in [-0.15, -0.1) is 0 Å².